The molecule has 1 unspecified atom stereocenters. The molecule has 0 spiro atoms. The van der Waals surface area contributed by atoms with Crippen molar-refractivity contribution in [3.63, 3.8) is 0 Å². The zero-order valence-corrected chi connectivity index (χ0v) is 15.5. The molecule has 0 aromatic heterocycles. The monoisotopic (exact) mass is 369 g/mol. The van der Waals surface area contributed by atoms with Crippen molar-refractivity contribution < 1.29 is 19.1 Å². The van der Waals surface area contributed by atoms with E-state index in [-0.39, 0.29) is 16.9 Å². The van der Waals surface area contributed by atoms with Crippen LogP contribution in [0.3, 0.4) is 0 Å². The van der Waals surface area contributed by atoms with E-state index < -0.39 is 23.5 Å². The normalized spacial score (nSPS) is 37.4. The molecule has 1 atom stereocenters. The summed E-state index contributed by atoms with van der Waals surface area (Å²) in [6.45, 7) is 1.37. The lowest BCUT2D eigenvalue weighted by Crippen LogP contribution is -2.61. The average molecular weight is 369 g/mol. The fourth-order valence-corrected chi connectivity index (χ4v) is 6.81. The maximum absolute atomic E-state index is 14.0. The first-order valence-electron chi connectivity index (χ1n) is 9.91. The summed E-state index contributed by atoms with van der Waals surface area (Å²) in [7, 11) is 0. The molecule has 1 N–H and O–H groups in total. The molecule has 4 bridgehead atoms. The van der Waals surface area contributed by atoms with Crippen LogP contribution in [0.5, 0.6) is 0 Å². The Morgan fingerprint density at radius 2 is 1.74 bits per heavy atom. The van der Waals surface area contributed by atoms with Crippen molar-refractivity contribution in [1.29, 1.82) is 0 Å². The third-order valence-corrected chi connectivity index (χ3v) is 7.27. The molecule has 5 heteroatoms. The maximum atomic E-state index is 14.0. The number of nitrogens with zero attached hydrogens (tertiary/aromatic N) is 1. The molecule has 6 rings (SSSR count). The van der Waals surface area contributed by atoms with Crippen LogP contribution in [0.25, 0.3) is 0 Å². The van der Waals surface area contributed by atoms with Crippen LogP contribution >= 0.6 is 0 Å². The van der Waals surface area contributed by atoms with Gasteiger partial charge >= 0.3 is 0 Å². The Labute approximate surface area is 158 Å². The molecule has 142 valence electrons. The van der Waals surface area contributed by atoms with Crippen LogP contribution in [0.4, 0.5) is 4.39 Å². The number of benzene rings is 1. The predicted molar refractivity (Wildman–Crippen MR) is 97.2 cm³/mol. The molecular formula is C22H24FNO3. The van der Waals surface area contributed by atoms with Gasteiger partial charge in [-0.15, -0.1) is 0 Å². The van der Waals surface area contributed by atoms with Gasteiger partial charge < -0.3 is 10.0 Å². The van der Waals surface area contributed by atoms with E-state index in [0.717, 1.165) is 19.3 Å². The van der Waals surface area contributed by atoms with Crippen LogP contribution in [0.1, 0.15) is 57.1 Å². The third kappa shape index (κ3) is 2.40. The van der Waals surface area contributed by atoms with Crippen molar-refractivity contribution in [3.05, 3.63) is 47.0 Å². The zero-order chi connectivity index (χ0) is 18.9. The van der Waals surface area contributed by atoms with E-state index in [9.17, 15) is 19.1 Å². The summed E-state index contributed by atoms with van der Waals surface area (Å²) in [5.74, 6) is 0.188. The summed E-state index contributed by atoms with van der Waals surface area (Å²) < 4.78 is 14.0. The van der Waals surface area contributed by atoms with Gasteiger partial charge in [-0.2, -0.15) is 0 Å². The van der Waals surface area contributed by atoms with E-state index in [0.29, 0.717) is 23.3 Å². The summed E-state index contributed by atoms with van der Waals surface area (Å²) in [5.41, 5.74) is 0.350. The van der Waals surface area contributed by atoms with E-state index in [1.54, 1.807) is 17.0 Å². The molecule has 1 aromatic rings. The zero-order valence-electron chi connectivity index (χ0n) is 15.5. The standard InChI is InChI=1S/C22H24FNO3/c1-12(25)18-19(16-3-2-4-17(23)8-16)24(21(27)20(18)26)22-9-13-5-14(10-22)7-15(6-13)11-22/h2-4,8,13-15,19,26H,5-7,9-11H2,1H3. The first kappa shape index (κ1) is 17.0. The smallest absolute Gasteiger partial charge is 0.290 e. The second kappa shape index (κ2) is 5.66. The van der Waals surface area contributed by atoms with Crippen LogP contribution in [-0.2, 0) is 9.59 Å². The number of aliphatic hydroxyl groups excluding tert-OH is 1. The van der Waals surface area contributed by atoms with Crippen LogP contribution in [-0.4, -0.2) is 27.2 Å². The number of ketones is 1. The van der Waals surface area contributed by atoms with Gasteiger partial charge in [0, 0.05) is 5.54 Å². The second-order valence-corrected chi connectivity index (χ2v) is 9.09. The SMILES string of the molecule is CC(=O)C1=C(O)C(=O)N(C23CC4CC(CC(C4)C2)C3)C1c1cccc(F)c1. The number of Topliss-reactive ketones (excluding diaryl/α,β-unsaturated/α-hetero) is 1. The van der Waals surface area contributed by atoms with E-state index in [1.807, 2.05) is 0 Å². The highest BCUT2D eigenvalue weighted by atomic mass is 19.1. The highest BCUT2D eigenvalue weighted by Gasteiger charge is 2.59. The van der Waals surface area contributed by atoms with E-state index in [1.165, 1.54) is 38.3 Å². The minimum absolute atomic E-state index is 0.112. The molecule has 4 fully saturated rings. The summed E-state index contributed by atoms with van der Waals surface area (Å²) in [6, 6.07) is 5.39. The molecule has 1 aromatic carbocycles. The number of carbonyl (C=O) groups is 2. The van der Waals surface area contributed by atoms with Crippen LogP contribution in [0, 0.1) is 23.6 Å². The van der Waals surface area contributed by atoms with Gasteiger partial charge in [0.1, 0.15) is 5.82 Å². The highest BCUT2D eigenvalue weighted by molar-refractivity contribution is 6.08. The maximum Gasteiger partial charge on any atom is 0.290 e. The Morgan fingerprint density at radius 1 is 1.15 bits per heavy atom. The number of carbonyl (C=O) groups excluding carboxylic acids is 2. The third-order valence-electron chi connectivity index (χ3n) is 7.27. The Hall–Kier alpha value is -2.17. The van der Waals surface area contributed by atoms with E-state index >= 15 is 0 Å². The number of aliphatic hydroxyl groups is 1. The fourth-order valence-electron chi connectivity index (χ4n) is 6.81. The Morgan fingerprint density at radius 3 is 2.26 bits per heavy atom. The molecule has 0 saturated heterocycles. The lowest BCUT2D eigenvalue weighted by atomic mass is 9.52. The lowest BCUT2D eigenvalue weighted by Gasteiger charge is -2.60. The molecule has 1 amide bonds. The predicted octanol–water partition coefficient (Wildman–Crippen LogP) is 4.08. The van der Waals surface area contributed by atoms with Crippen molar-refractivity contribution in [2.45, 2.75) is 57.0 Å². The largest absolute Gasteiger partial charge is 0.503 e. The van der Waals surface area contributed by atoms with Gasteiger partial charge in [0.15, 0.2) is 11.5 Å². The van der Waals surface area contributed by atoms with Crippen LogP contribution in [0.2, 0.25) is 0 Å². The number of amides is 1. The molecule has 5 aliphatic rings. The quantitative estimate of drug-likeness (QED) is 0.873. The summed E-state index contributed by atoms with van der Waals surface area (Å²) >= 11 is 0. The van der Waals surface area contributed by atoms with Crippen molar-refractivity contribution in [2.75, 3.05) is 0 Å². The lowest BCUT2D eigenvalue weighted by molar-refractivity contribution is -0.150. The van der Waals surface area contributed by atoms with Crippen LogP contribution in [0.15, 0.2) is 35.6 Å². The number of hydrogen-bond donors (Lipinski definition) is 1. The molecule has 1 heterocycles. The van der Waals surface area contributed by atoms with Gasteiger partial charge in [0.2, 0.25) is 0 Å². The van der Waals surface area contributed by atoms with Gasteiger partial charge in [-0.25, -0.2) is 4.39 Å². The van der Waals surface area contributed by atoms with Crippen molar-refractivity contribution in [2.24, 2.45) is 17.8 Å². The van der Waals surface area contributed by atoms with Gasteiger partial charge in [-0.05, 0) is 80.9 Å². The average Bonchev–Trinajstić information content (AvgIpc) is 2.86. The van der Waals surface area contributed by atoms with Gasteiger partial charge in [0.05, 0.1) is 11.6 Å². The fraction of sp³-hybridized carbons (Fsp3) is 0.545. The topological polar surface area (TPSA) is 57.6 Å². The van der Waals surface area contributed by atoms with E-state index in [4.69, 9.17) is 0 Å². The first-order valence-corrected chi connectivity index (χ1v) is 9.91. The second-order valence-electron chi connectivity index (χ2n) is 9.09. The molecule has 0 radical (unpaired) electrons. The number of halogens is 1. The molecule has 4 aliphatic carbocycles. The Bertz CT molecular complexity index is 839. The summed E-state index contributed by atoms with van der Waals surface area (Å²) in [6.07, 6.45) is 6.46. The molecule has 4 nitrogen and oxygen atoms in total. The van der Waals surface area contributed by atoms with Crippen molar-refractivity contribution in [3.8, 4) is 0 Å². The minimum atomic E-state index is -0.693. The molecule has 4 saturated carbocycles. The summed E-state index contributed by atoms with van der Waals surface area (Å²) in [5, 5.41) is 10.6. The molecule has 27 heavy (non-hydrogen) atoms. The minimum Gasteiger partial charge on any atom is -0.503 e. The van der Waals surface area contributed by atoms with Crippen molar-refractivity contribution >= 4 is 11.7 Å². The Balaban J connectivity index is 1.64. The number of hydrogen-bond acceptors (Lipinski definition) is 3. The first-order chi connectivity index (χ1) is 12.9. The summed E-state index contributed by atoms with van der Waals surface area (Å²) in [4.78, 5) is 27.3. The van der Waals surface area contributed by atoms with E-state index in [2.05, 4.69) is 0 Å². The molecule has 1 aliphatic heterocycles. The van der Waals surface area contributed by atoms with Crippen molar-refractivity contribution in [1.82, 2.24) is 4.90 Å². The van der Waals surface area contributed by atoms with Crippen LogP contribution < -0.4 is 0 Å². The van der Waals surface area contributed by atoms with Gasteiger partial charge in [-0.1, -0.05) is 12.1 Å². The highest BCUT2D eigenvalue weighted by Crippen LogP contribution is 2.60. The molecular weight excluding hydrogens is 345 g/mol. The van der Waals surface area contributed by atoms with Gasteiger partial charge in [-0.3, -0.25) is 9.59 Å². The number of rotatable bonds is 3. The van der Waals surface area contributed by atoms with Gasteiger partial charge in [0.25, 0.3) is 5.91 Å². The Kier molecular flexibility index (Phi) is 3.56.